The van der Waals surface area contributed by atoms with Crippen LogP contribution in [0.15, 0.2) is 24.3 Å². The summed E-state index contributed by atoms with van der Waals surface area (Å²) in [7, 11) is 0. The highest BCUT2D eigenvalue weighted by atomic mass is 19.4. The molecule has 0 saturated carbocycles. The molecular weight excluding hydrogens is 215 g/mol. The summed E-state index contributed by atoms with van der Waals surface area (Å²) in [6.45, 7) is 3.82. The van der Waals surface area contributed by atoms with E-state index in [4.69, 9.17) is 0 Å². The Bertz CT molecular complexity index is 373. The Morgan fingerprint density at radius 1 is 1.31 bits per heavy atom. The normalized spacial score (nSPS) is 21.5. The van der Waals surface area contributed by atoms with E-state index in [0.717, 1.165) is 25.6 Å². The third-order valence-corrected chi connectivity index (χ3v) is 2.96. The first kappa shape index (κ1) is 11.3. The van der Waals surface area contributed by atoms with Crippen molar-refractivity contribution in [1.82, 2.24) is 0 Å². The Hall–Kier alpha value is -1.19. The summed E-state index contributed by atoms with van der Waals surface area (Å²) in [5.74, 6) is 0.564. The average molecular weight is 229 g/mol. The minimum absolute atomic E-state index is 0.564. The molecule has 1 aliphatic rings. The summed E-state index contributed by atoms with van der Waals surface area (Å²) >= 11 is 0. The molecule has 0 radical (unpaired) electrons. The number of benzene rings is 1. The number of alkyl halides is 3. The smallest absolute Gasteiger partial charge is 0.371 e. The molecule has 0 spiro atoms. The van der Waals surface area contributed by atoms with Crippen molar-refractivity contribution in [3.8, 4) is 0 Å². The van der Waals surface area contributed by atoms with Crippen LogP contribution in [-0.2, 0) is 6.18 Å². The Morgan fingerprint density at radius 2 is 2.06 bits per heavy atom. The summed E-state index contributed by atoms with van der Waals surface area (Å²) < 4.78 is 37.5. The lowest BCUT2D eigenvalue weighted by molar-refractivity contribution is -0.137. The molecule has 1 saturated heterocycles. The van der Waals surface area contributed by atoms with Crippen molar-refractivity contribution in [2.75, 3.05) is 18.0 Å². The van der Waals surface area contributed by atoms with Crippen molar-refractivity contribution >= 4 is 5.69 Å². The Balaban J connectivity index is 2.23. The predicted octanol–water partition coefficient (Wildman–Crippen LogP) is 3.55. The van der Waals surface area contributed by atoms with Gasteiger partial charge in [0.2, 0.25) is 0 Å². The zero-order valence-corrected chi connectivity index (χ0v) is 9.09. The van der Waals surface area contributed by atoms with Gasteiger partial charge in [0.1, 0.15) is 0 Å². The van der Waals surface area contributed by atoms with Crippen molar-refractivity contribution < 1.29 is 13.2 Å². The van der Waals surface area contributed by atoms with E-state index in [1.165, 1.54) is 12.1 Å². The van der Waals surface area contributed by atoms with Gasteiger partial charge in [0.05, 0.1) is 5.56 Å². The minimum Gasteiger partial charge on any atom is -0.371 e. The van der Waals surface area contributed by atoms with Crippen LogP contribution in [0, 0.1) is 5.92 Å². The first-order valence-corrected chi connectivity index (χ1v) is 5.39. The summed E-state index contributed by atoms with van der Waals surface area (Å²) in [5.41, 5.74) is 0.115. The van der Waals surface area contributed by atoms with Crippen LogP contribution < -0.4 is 4.90 Å². The number of anilines is 1. The minimum atomic E-state index is -4.25. The van der Waals surface area contributed by atoms with Crippen LogP contribution in [0.25, 0.3) is 0 Å². The summed E-state index contributed by atoms with van der Waals surface area (Å²) in [4.78, 5) is 2.01. The third-order valence-electron chi connectivity index (χ3n) is 2.96. The van der Waals surface area contributed by atoms with Gasteiger partial charge in [0, 0.05) is 18.8 Å². The van der Waals surface area contributed by atoms with Gasteiger partial charge in [-0.15, -0.1) is 0 Å². The SMILES string of the molecule is C[C@H]1CCN(c2cccc(C(F)(F)F)c2)C1. The van der Waals surface area contributed by atoms with Crippen molar-refractivity contribution in [3.05, 3.63) is 29.8 Å². The van der Waals surface area contributed by atoms with E-state index in [2.05, 4.69) is 6.92 Å². The molecule has 88 valence electrons. The Labute approximate surface area is 92.9 Å². The molecule has 0 aromatic heterocycles. The molecule has 0 amide bonds. The van der Waals surface area contributed by atoms with Gasteiger partial charge < -0.3 is 4.90 Å². The van der Waals surface area contributed by atoms with Crippen molar-refractivity contribution in [2.45, 2.75) is 19.5 Å². The fraction of sp³-hybridized carbons (Fsp3) is 0.500. The molecule has 16 heavy (non-hydrogen) atoms. The molecule has 0 aliphatic carbocycles. The molecule has 1 aliphatic heterocycles. The third kappa shape index (κ3) is 2.31. The highest BCUT2D eigenvalue weighted by Crippen LogP contribution is 2.32. The largest absolute Gasteiger partial charge is 0.416 e. The number of halogens is 3. The monoisotopic (exact) mass is 229 g/mol. The summed E-state index contributed by atoms with van der Waals surface area (Å²) in [5, 5.41) is 0. The molecule has 0 N–H and O–H groups in total. The second-order valence-corrected chi connectivity index (χ2v) is 4.39. The molecule has 0 unspecified atom stereocenters. The summed E-state index contributed by atoms with van der Waals surface area (Å²) in [6.07, 6.45) is -3.20. The lowest BCUT2D eigenvalue weighted by atomic mass is 10.1. The van der Waals surface area contributed by atoms with E-state index in [1.807, 2.05) is 4.90 Å². The average Bonchev–Trinajstić information content (AvgIpc) is 2.64. The van der Waals surface area contributed by atoms with E-state index in [9.17, 15) is 13.2 Å². The molecule has 1 aromatic rings. The first-order valence-electron chi connectivity index (χ1n) is 5.39. The maximum absolute atomic E-state index is 12.5. The van der Waals surface area contributed by atoms with E-state index < -0.39 is 11.7 Å². The van der Waals surface area contributed by atoms with Gasteiger partial charge in [-0.05, 0) is 30.5 Å². The second kappa shape index (κ2) is 4.00. The fourth-order valence-electron chi connectivity index (χ4n) is 2.05. The van der Waals surface area contributed by atoms with Crippen LogP contribution in [0.3, 0.4) is 0 Å². The topological polar surface area (TPSA) is 3.24 Å². The molecule has 4 heteroatoms. The van der Waals surface area contributed by atoms with E-state index >= 15 is 0 Å². The van der Waals surface area contributed by atoms with Gasteiger partial charge in [-0.2, -0.15) is 13.2 Å². The van der Waals surface area contributed by atoms with Gasteiger partial charge >= 0.3 is 6.18 Å². The van der Waals surface area contributed by atoms with Gasteiger partial charge in [0.25, 0.3) is 0 Å². The maximum Gasteiger partial charge on any atom is 0.416 e. The molecule has 0 bridgehead atoms. The van der Waals surface area contributed by atoms with Crippen molar-refractivity contribution in [3.63, 3.8) is 0 Å². The van der Waals surface area contributed by atoms with Crippen LogP contribution in [-0.4, -0.2) is 13.1 Å². The number of rotatable bonds is 1. The molecular formula is C12H14F3N. The van der Waals surface area contributed by atoms with Gasteiger partial charge in [-0.3, -0.25) is 0 Å². The maximum atomic E-state index is 12.5. The number of nitrogens with zero attached hydrogens (tertiary/aromatic N) is 1. The molecule has 1 aromatic carbocycles. The van der Waals surface area contributed by atoms with Gasteiger partial charge in [-0.25, -0.2) is 0 Å². The lowest BCUT2D eigenvalue weighted by Crippen LogP contribution is -2.19. The van der Waals surface area contributed by atoms with Crippen molar-refractivity contribution in [1.29, 1.82) is 0 Å². The second-order valence-electron chi connectivity index (χ2n) is 4.39. The van der Waals surface area contributed by atoms with Crippen LogP contribution in [0.2, 0.25) is 0 Å². The molecule has 2 rings (SSSR count). The Morgan fingerprint density at radius 3 is 2.62 bits per heavy atom. The zero-order chi connectivity index (χ0) is 11.8. The van der Waals surface area contributed by atoms with Gasteiger partial charge in [-0.1, -0.05) is 13.0 Å². The van der Waals surface area contributed by atoms with E-state index in [-0.39, 0.29) is 0 Å². The van der Waals surface area contributed by atoms with Crippen LogP contribution in [0.5, 0.6) is 0 Å². The quantitative estimate of drug-likeness (QED) is 0.711. The van der Waals surface area contributed by atoms with E-state index in [1.54, 1.807) is 6.07 Å². The zero-order valence-electron chi connectivity index (χ0n) is 9.09. The van der Waals surface area contributed by atoms with Crippen LogP contribution in [0.4, 0.5) is 18.9 Å². The Kier molecular flexibility index (Phi) is 2.82. The van der Waals surface area contributed by atoms with Gasteiger partial charge in [0.15, 0.2) is 0 Å². The molecule has 1 nitrogen and oxygen atoms in total. The first-order chi connectivity index (χ1) is 7.47. The molecule has 1 heterocycles. The van der Waals surface area contributed by atoms with Crippen molar-refractivity contribution in [2.24, 2.45) is 5.92 Å². The highest BCUT2D eigenvalue weighted by Gasteiger charge is 2.31. The summed E-state index contributed by atoms with van der Waals surface area (Å²) in [6, 6.07) is 5.56. The number of hydrogen-bond acceptors (Lipinski definition) is 1. The standard InChI is InChI=1S/C12H14F3N/c1-9-5-6-16(8-9)11-4-2-3-10(7-11)12(13,14)15/h2-4,7,9H,5-6,8H2,1H3/t9-/m0/s1. The number of hydrogen-bond donors (Lipinski definition) is 0. The van der Waals surface area contributed by atoms with Crippen LogP contribution in [0.1, 0.15) is 18.9 Å². The van der Waals surface area contributed by atoms with E-state index in [0.29, 0.717) is 11.6 Å². The highest BCUT2D eigenvalue weighted by molar-refractivity contribution is 5.50. The van der Waals surface area contributed by atoms with Crippen LogP contribution >= 0.6 is 0 Å². The lowest BCUT2D eigenvalue weighted by Gasteiger charge is -2.19. The predicted molar refractivity (Wildman–Crippen MR) is 57.4 cm³/mol. The molecule has 1 atom stereocenters. The fourth-order valence-corrected chi connectivity index (χ4v) is 2.05. The molecule has 1 fully saturated rings.